The summed E-state index contributed by atoms with van der Waals surface area (Å²) in [5.74, 6) is -0.241. The highest BCUT2D eigenvalue weighted by atomic mass is 16.5. The summed E-state index contributed by atoms with van der Waals surface area (Å²) in [7, 11) is 1.52. The molecule has 0 radical (unpaired) electrons. The average molecular weight is 249 g/mol. The van der Waals surface area contributed by atoms with E-state index >= 15 is 0 Å². The van der Waals surface area contributed by atoms with Crippen LogP contribution in [0.3, 0.4) is 0 Å². The van der Waals surface area contributed by atoms with Crippen LogP contribution in [0.15, 0.2) is 24.4 Å². The predicted octanol–water partition coefficient (Wildman–Crippen LogP) is 0.300. The van der Waals surface area contributed by atoms with E-state index in [1.54, 1.807) is 24.4 Å². The molecule has 1 amide bonds. The molecule has 0 saturated carbocycles. The first-order valence-corrected chi connectivity index (χ1v) is 5.58. The van der Waals surface area contributed by atoms with Gasteiger partial charge in [0.1, 0.15) is 0 Å². The number of methoxy groups -OCH3 is 1. The number of aromatic amines is 1. The van der Waals surface area contributed by atoms with Gasteiger partial charge in [-0.05, 0) is 18.2 Å². The maximum Gasteiger partial charge on any atom is 0.251 e. The van der Waals surface area contributed by atoms with Crippen molar-refractivity contribution in [3.05, 3.63) is 30.0 Å². The van der Waals surface area contributed by atoms with Crippen LogP contribution in [-0.4, -0.2) is 47.6 Å². The van der Waals surface area contributed by atoms with E-state index in [2.05, 4.69) is 15.5 Å². The van der Waals surface area contributed by atoms with Crippen molar-refractivity contribution >= 4 is 16.8 Å². The second kappa shape index (κ2) is 5.61. The number of aliphatic hydroxyl groups is 1. The molecule has 6 heteroatoms. The Balaban J connectivity index is 2.12. The van der Waals surface area contributed by atoms with Crippen molar-refractivity contribution in [2.75, 3.05) is 20.3 Å². The molecule has 3 N–H and O–H groups in total. The molecule has 0 aliphatic rings. The molecule has 1 heterocycles. The third-order valence-corrected chi connectivity index (χ3v) is 2.63. The number of carbonyl (C=O) groups is 1. The van der Waals surface area contributed by atoms with Gasteiger partial charge in [-0.25, -0.2) is 0 Å². The molecule has 0 fully saturated rings. The summed E-state index contributed by atoms with van der Waals surface area (Å²) in [5.41, 5.74) is 1.40. The maximum atomic E-state index is 11.9. The molecule has 0 aliphatic carbocycles. The molecule has 0 spiro atoms. The number of fused-ring (bicyclic) bond motifs is 1. The SMILES string of the molecule is COCC(CO)NC(=O)c1ccc2[nH]ncc2c1. The Morgan fingerprint density at radius 3 is 3.17 bits per heavy atom. The molecular weight excluding hydrogens is 234 g/mol. The second-order valence-electron chi connectivity index (χ2n) is 3.98. The van der Waals surface area contributed by atoms with E-state index < -0.39 is 6.04 Å². The summed E-state index contributed by atoms with van der Waals surface area (Å²) in [6.45, 7) is 0.115. The van der Waals surface area contributed by atoms with Gasteiger partial charge < -0.3 is 15.2 Å². The Hall–Kier alpha value is -1.92. The molecule has 96 valence electrons. The topological polar surface area (TPSA) is 87.2 Å². The number of aliphatic hydroxyl groups excluding tert-OH is 1. The number of rotatable bonds is 5. The van der Waals surface area contributed by atoms with Gasteiger partial charge in [0.05, 0.1) is 31.0 Å². The number of amides is 1. The first kappa shape index (κ1) is 12.5. The first-order valence-electron chi connectivity index (χ1n) is 5.58. The fourth-order valence-electron chi connectivity index (χ4n) is 1.69. The molecule has 0 aliphatic heterocycles. The summed E-state index contributed by atoms with van der Waals surface area (Å²) in [6, 6.07) is 4.84. The Labute approximate surface area is 104 Å². The highest BCUT2D eigenvalue weighted by Crippen LogP contribution is 2.12. The number of H-pyrrole nitrogens is 1. The lowest BCUT2D eigenvalue weighted by Crippen LogP contribution is -2.40. The van der Waals surface area contributed by atoms with Gasteiger partial charge in [-0.3, -0.25) is 9.89 Å². The number of hydrogen-bond acceptors (Lipinski definition) is 4. The fourth-order valence-corrected chi connectivity index (χ4v) is 1.69. The average Bonchev–Trinajstić information content (AvgIpc) is 2.85. The molecule has 6 nitrogen and oxygen atoms in total. The van der Waals surface area contributed by atoms with E-state index in [-0.39, 0.29) is 19.1 Å². The Bertz CT molecular complexity index is 538. The van der Waals surface area contributed by atoms with E-state index in [0.717, 1.165) is 10.9 Å². The Morgan fingerprint density at radius 2 is 2.44 bits per heavy atom. The van der Waals surface area contributed by atoms with Crippen molar-refractivity contribution in [1.82, 2.24) is 15.5 Å². The van der Waals surface area contributed by atoms with Gasteiger partial charge in [-0.2, -0.15) is 5.10 Å². The van der Waals surface area contributed by atoms with Crippen molar-refractivity contribution < 1.29 is 14.6 Å². The highest BCUT2D eigenvalue weighted by Gasteiger charge is 2.13. The highest BCUT2D eigenvalue weighted by molar-refractivity contribution is 5.98. The van der Waals surface area contributed by atoms with Gasteiger partial charge in [0, 0.05) is 18.1 Å². The normalized spacial score (nSPS) is 12.6. The van der Waals surface area contributed by atoms with Crippen LogP contribution in [0.5, 0.6) is 0 Å². The van der Waals surface area contributed by atoms with E-state index in [1.165, 1.54) is 7.11 Å². The lowest BCUT2D eigenvalue weighted by Gasteiger charge is -2.15. The minimum Gasteiger partial charge on any atom is -0.394 e. The molecule has 1 atom stereocenters. The monoisotopic (exact) mass is 249 g/mol. The zero-order valence-electron chi connectivity index (χ0n) is 10.0. The number of carbonyl (C=O) groups excluding carboxylic acids is 1. The van der Waals surface area contributed by atoms with Crippen LogP contribution < -0.4 is 5.32 Å². The molecule has 0 bridgehead atoms. The smallest absolute Gasteiger partial charge is 0.251 e. The molecular formula is C12H15N3O3. The van der Waals surface area contributed by atoms with Crippen LogP contribution in [0.2, 0.25) is 0 Å². The maximum absolute atomic E-state index is 11.9. The van der Waals surface area contributed by atoms with Gasteiger partial charge >= 0.3 is 0 Å². The van der Waals surface area contributed by atoms with Gasteiger partial charge in [-0.15, -0.1) is 0 Å². The van der Waals surface area contributed by atoms with E-state index in [9.17, 15) is 4.79 Å². The summed E-state index contributed by atoms with van der Waals surface area (Å²) in [6.07, 6.45) is 1.66. The van der Waals surface area contributed by atoms with Crippen molar-refractivity contribution in [1.29, 1.82) is 0 Å². The zero-order chi connectivity index (χ0) is 13.0. The molecule has 0 saturated heterocycles. The van der Waals surface area contributed by atoms with Crippen molar-refractivity contribution in [3.8, 4) is 0 Å². The third-order valence-electron chi connectivity index (χ3n) is 2.63. The number of nitrogens with zero attached hydrogens (tertiary/aromatic N) is 1. The van der Waals surface area contributed by atoms with Crippen LogP contribution in [0.4, 0.5) is 0 Å². The predicted molar refractivity (Wildman–Crippen MR) is 66.3 cm³/mol. The fraction of sp³-hybridized carbons (Fsp3) is 0.333. The molecule has 2 aromatic rings. The van der Waals surface area contributed by atoms with Crippen molar-refractivity contribution in [2.45, 2.75) is 6.04 Å². The van der Waals surface area contributed by atoms with E-state index in [4.69, 9.17) is 9.84 Å². The summed E-state index contributed by atoms with van der Waals surface area (Å²) in [5, 5.41) is 19.4. The van der Waals surface area contributed by atoms with Crippen molar-refractivity contribution in [3.63, 3.8) is 0 Å². The number of ether oxygens (including phenoxy) is 1. The molecule has 2 rings (SSSR count). The molecule has 18 heavy (non-hydrogen) atoms. The lowest BCUT2D eigenvalue weighted by molar-refractivity contribution is 0.0840. The number of hydrogen-bond donors (Lipinski definition) is 3. The number of nitrogens with one attached hydrogen (secondary N) is 2. The van der Waals surface area contributed by atoms with Crippen LogP contribution in [0.25, 0.3) is 10.9 Å². The van der Waals surface area contributed by atoms with Crippen LogP contribution in [0.1, 0.15) is 10.4 Å². The van der Waals surface area contributed by atoms with Gasteiger partial charge in [-0.1, -0.05) is 0 Å². The van der Waals surface area contributed by atoms with Crippen molar-refractivity contribution in [2.24, 2.45) is 0 Å². The third kappa shape index (κ3) is 2.66. The van der Waals surface area contributed by atoms with Gasteiger partial charge in [0.2, 0.25) is 0 Å². The number of benzene rings is 1. The van der Waals surface area contributed by atoms with Crippen LogP contribution in [-0.2, 0) is 4.74 Å². The largest absolute Gasteiger partial charge is 0.394 e. The minimum absolute atomic E-state index is 0.159. The van der Waals surface area contributed by atoms with Crippen LogP contribution >= 0.6 is 0 Å². The molecule has 1 aromatic carbocycles. The van der Waals surface area contributed by atoms with Gasteiger partial charge in [0.15, 0.2) is 0 Å². The van der Waals surface area contributed by atoms with E-state index in [0.29, 0.717) is 5.56 Å². The first-order chi connectivity index (χ1) is 8.74. The quantitative estimate of drug-likeness (QED) is 0.711. The minimum atomic E-state index is -0.400. The molecule has 1 unspecified atom stereocenters. The standard InChI is InChI=1S/C12H15N3O3/c1-18-7-10(6-16)14-12(17)8-2-3-11-9(4-8)5-13-15-11/h2-5,10,16H,6-7H2,1H3,(H,13,15)(H,14,17). The zero-order valence-corrected chi connectivity index (χ0v) is 10.0. The van der Waals surface area contributed by atoms with Crippen LogP contribution in [0, 0.1) is 0 Å². The summed E-state index contributed by atoms with van der Waals surface area (Å²) >= 11 is 0. The summed E-state index contributed by atoms with van der Waals surface area (Å²) in [4.78, 5) is 11.9. The summed E-state index contributed by atoms with van der Waals surface area (Å²) < 4.78 is 4.90. The second-order valence-corrected chi connectivity index (χ2v) is 3.98. The number of aromatic nitrogens is 2. The lowest BCUT2D eigenvalue weighted by atomic mass is 10.1. The Kier molecular flexibility index (Phi) is 3.91. The van der Waals surface area contributed by atoms with Gasteiger partial charge in [0.25, 0.3) is 5.91 Å². The molecule has 1 aromatic heterocycles. The van der Waals surface area contributed by atoms with E-state index in [1.807, 2.05) is 0 Å². The Morgan fingerprint density at radius 1 is 1.61 bits per heavy atom.